The van der Waals surface area contributed by atoms with E-state index < -0.39 is 0 Å². The summed E-state index contributed by atoms with van der Waals surface area (Å²) >= 11 is 0. The Morgan fingerprint density at radius 1 is 1.19 bits per heavy atom. The Labute approximate surface area is 128 Å². The third-order valence-electron chi connectivity index (χ3n) is 4.33. The fourth-order valence-corrected chi connectivity index (χ4v) is 3.53. The number of hydrogen-bond donors (Lipinski definition) is 1. The highest BCUT2D eigenvalue weighted by molar-refractivity contribution is 5.28. The van der Waals surface area contributed by atoms with Crippen LogP contribution in [0.3, 0.4) is 0 Å². The lowest BCUT2D eigenvalue weighted by Gasteiger charge is -2.43. The van der Waals surface area contributed by atoms with Gasteiger partial charge in [0.15, 0.2) is 0 Å². The molecule has 1 aliphatic carbocycles. The van der Waals surface area contributed by atoms with E-state index >= 15 is 0 Å². The van der Waals surface area contributed by atoms with E-state index in [1.165, 1.54) is 19.3 Å². The first-order chi connectivity index (χ1) is 10.3. The second-order valence-electron chi connectivity index (χ2n) is 5.67. The second kappa shape index (κ2) is 7.76. The molecule has 2 rings (SSSR count). The highest BCUT2D eigenvalue weighted by Gasteiger charge is 2.41. The van der Waals surface area contributed by atoms with E-state index in [0.29, 0.717) is 6.61 Å². The Bertz CT molecular complexity index is 425. The Kier molecular flexibility index (Phi) is 6.00. The predicted octanol–water partition coefficient (Wildman–Crippen LogP) is 3.48. The van der Waals surface area contributed by atoms with Gasteiger partial charge in [-0.1, -0.05) is 19.3 Å². The summed E-state index contributed by atoms with van der Waals surface area (Å²) in [7, 11) is 2.01. The molecule has 1 aromatic rings. The molecule has 1 fully saturated rings. The molecular formula is C17H28N2O2. The van der Waals surface area contributed by atoms with E-state index in [9.17, 15) is 0 Å². The zero-order chi connectivity index (χ0) is 15.1. The third kappa shape index (κ3) is 3.74. The number of pyridine rings is 1. The lowest BCUT2D eigenvalue weighted by molar-refractivity contribution is -0.0899. The van der Waals surface area contributed by atoms with Gasteiger partial charge in [-0.15, -0.1) is 0 Å². The van der Waals surface area contributed by atoms with Gasteiger partial charge in [-0.25, -0.2) is 0 Å². The molecule has 1 aromatic heterocycles. The first-order valence-electron chi connectivity index (χ1n) is 8.14. The first kappa shape index (κ1) is 16.2. The molecule has 0 spiro atoms. The Morgan fingerprint density at radius 2 is 1.95 bits per heavy atom. The number of nitrogens with zero attached hydrogens (tertiary/aromatic N) is 1. The third-order valence-corrected chi connectivity index (χ3v) is 4.33. The number of hydrogen-bond acceptors (Lipinski definition) is 4. The van der Waals surface area contributed by atoms with E-state index in [2.05, 4.69) is 23.3 Å². The molecule has 4 nitrogen and oxygen atoms in total. The highest BCUT2D eigenvalue weighted by Crippen LogP contribution is 2.41. The molecule has 1 heterocycles. The SMILES string of the molecule is CCOc1cncc(C(NC)C2(OCC)CCCCC2)c1. The number of rotatable bonds is 7. The molecule has 0 bridgehead atoms. The highest BCUT2D eigenvalue weighted by atomic mass is 16.5. The zero-order valence-electron chi connectivity index (χ0n) is 13.5. The molecule has 1 aliphatic rings. The van der Waals surface area contributed by atoms with Crippen molar-refractivity contribution in [3.05, 3.63) is 24.0 Å². The molecule has 1 N–H and O–H groups in total. The normalized spacial score (nSPS) is 19.2. The largest absolute Gasteiger partial charge is 0.492 e. The Morgan fingerprint density at radius 3 is 2.57 bits per heavy atom. The molecule has 0 aliphatic heterocycles. The molecule has 1 saturated carbocycles. The fourth-order valence-electron chi connectivity index (χ4n) is 3.53. The van der Waals surface area contributed by atoms with Crippen LogP contribution in [-0.2, 0) is 4.74 Å². The number of likely N-dealkylation sites (N-methyl/N-ethyl adjacent to an activating group) is 1. The van der Waals surface area contributed by atoms with Crippen LogP contribution < -0.4 is 10.1 Å². The van der Waals surface area contributed by atoms with Crippen molar-refractivity contribution in [2.75, 3.05) is 20.3 Å². The summed E-state index contributed by atoms with van der Waals surface area (Å²) in [6.07, 6.45) is 9.68. The standard InChI is InChI=1S/C17H28N2O2/c1-4-20-15-11-14(12-19-13-15)16(18-3)17(21-5-2)9-7-6-8-10-17/h11-13,16,18H,4-10H2,1-3H3. The topological polar surface area (TPSA) is 43.4 Å². The van der Waals surface area contributed by atoms with Gasteiger partial charge in [0.2, 0.25) is 0 Å². The Hall–Kier alpha value is -1.13. The number of aromatic nitrogens is 1. The Balaban J connectivity index is 2.29. The van der Waals surface area contributed by atoms with Gasteiger partial charge in [-0.3, -0.25) is 4.98 Å². The van der Waals surface area contributed by atoms with Crippen LogP contribution in [0.2, 0.25) is 0 Å². The molecular weight excluding hydrogens is 264 g/mol. The van der Waals surface area contributed by atoms with Crippen LogP contribution in [0.4, 0.5) is 0 Å². The van der Waals surface area contributed by atoms with Crippen LogP contribution in [0.5, 0.6) is 5.75 Å². The van der Waals surface area contributed by atoms with Crippen LogP contribution in [0.15, 0.2) is 18.5 Å². The van der Waals surface area contributed by atoms with Gasteiger partial charge >= 0.3 is 0 Å². The van der Waals surface area contributed by atoms with Crippen molar-refractivity contribution < 1.29 is 9.47 Å². The molecule has 0 amide bonds. The van der Waals surface area contributed by atoms with Crippen molar-refractivity contribution in [3.63, 3.8) is 0 Å². The van der Waals surface area contributed by atoms with Gasteiger partial charge in [-0.2, -0.15) is 0 Å². The fraction of sp³-hybridized carbons (Fsp3) is 0.706. The summed E-state index contributed by atoms with van der Waals surface area (Å²) < 4.78 is 11.8. The molecule has 0 radical (unpaired) electrons. The minimum atomic E-state index is -0.117. The summed E-state index contributed by atoms with van der Waals surface area (Å²) in [5, 5.41) is 3.46. The molecule has 1 atom stereocenters. The summed E-state index contributed by atoms with van der Waals surface area (Å²) in [4.78, 5) is 4.34. The number of nitrogens with one attached hydrogen (secondary N) is 1. The molecule has 21 heavy (non-hydrogen) atoms. The van der Waals surface area contributed by atoms with Gasteiger partial charge in [0, 0.05) is 12.8 Å². The smallest absolute Gasteiger partial charge is 0.137 e. The van der Waals surface area contributed by atoms with Crippen molar-refractivity contribution in [2.45, 2.75) is 57.6 Å². The van der Waals surface area contributed by atoms with Gasteiger partial charge < -0.3 is 14.8 Å². The van der Waals surface area contributed by atoms with Gasteiger partial charge in [0.1, 0.15) is 5.75 Å². The van der Waals surface area contributed by atoms with Crippen LogP contribution in [0.25, 0.3) is 0 Å². The predicted molar refractivity (Wildman–Crippen MR) is 84.6 cm³/mol. The molecule has 0 saturated heterocycles. The lowest BCUT2D eigenvalue weighted by atomic mass is 9.77. The number of ether oxygens (including phenoxy) is 2. The molecule has 118 valence electrons. The zero-order valence-corrected chi connectivity index (χ0v) is 13.5. The van der Waals surface area contributed by atoms with E-state index in [4.69, 9.17) is 9.47 Å². The van der Waals surface area contributed by atoms with Crippen LogP contribution in [0.1, 0.15) is 57.6 Å². The van der Waals surface area contributed by atoms with E-state index in [1.54, 1.807) is 6.20 Å². The van der Waals surface area contributed by atoms with Crippen molar-refractivity contribution in [3.8, 4) is 5.75 Å². The van der Waals surface area contributed by atoms with Crippen molar-refractivity contribution in [2.24, 2.45) is 0 Å². The monoisotopic (exact) mass is 292 g/mol. The van der Waals surface area contributed by atoms with Crippen molar-refractivity contribution >= 4 is 0 Å². The van der Waals surface area contributed by atoms with E-state index in [0.717, 1.165) is 30.8 Å². The average Bonchev–Trinajstić information content (AvgIpc) is 2.50. The molecule has 4 heteroatoms. The minimum absolute atomic E-state index is 0.117. The van der Waals surface area contributed by atoms with Crippen LogP contribution in [-0.4, -0.2) is 30.8 Å². The van der Waals surface area contributed by atoms with Gasteiger partial charge in [0.05, 0.1) is 24.4 Å². The minimum Gasteiger partial charge on any atom is -0.492 e. The maximum absolute atomic E-state index is 6.25. The average molecular weight is 292 g/mol. The quantitative estimate of drug-likeness (QED) is 0.835. The van der Waals surface area contributed by atoms with E-state index in [1.807, 2.05) is 20.2 Å². The maximum atomic E-state index is 6.25. The second-order valence-corrected chi connectivity index (χ2v) is 5.67. The summed E-state index contributed by atoms with van der Waals surface area (Å²) in [5.74, 6) is 0.831. The van der Waals surface area contributed by atoms with Crippen molar-refractivity contribution in [1.82, 2.24) is 10.3 Å². The first-order valence-corrected chi connectivity index (χ1v) is 8.14. The summed E-state index contributed by atoms with van der Waals surface area (Å²) in [6.45, 7) is 5.48. The van der Waals surface area contributed by atoms with E-state index in [-0.39, 0.29) is 11.6 Å². The molecule has 0 aromatic carbocycles. The summed E-state index contributed by atoms with van der Waals surface area (Å²) in [5.41, 5.74) is 1.03. The maximum Gasteiger partial charge on any atom is 0.137 e. The summed E-state index contributed by atoms with van der Waals surface area (Å²) in [6, 6.07) is 2.25. The van der Waals surface area contributed by atoms with Gasteiger partial charge in [0.25, 0.3) is 0 Å². The molecule has 1 unspecified atom stereocenters. The van der Waals surface area contributed by atoms with Crippen LogP contribution in [0, 0.1) is 0 Å². The lowest BCUT2D eigenvalue weighted by Crippen LogP contribution is -2.46. The van der Waals surface area contributed by atoms with Crippen LogP contribution >= 0.6 is 0 Å². The van der Waals surface area contributed by atoms with Crippen molar-refractivity contribution in [1.29, 1.82) is 0 Å². The van der Waals surface area contributed by atoms with Gasteiger partial charge in [-0.05, 0) is 45.4 Å².